The molecule has 0 aliphatic rings. The van der Waals surface area contributed by atoms with Gasteiger partial charge in [-0.3, -0.25) is 9.59 Å². The highest BCUT2D eigenvalue weighted by molar-refractivity contribution is 5.94. The largest absolute Gasteiger partial charge is 0.348 e. The molecule has 3 rings (SSSR count). The van der Waals surface area contributed by atoms with E-state index in [1.165, 1.54) is 0 Å². The van der Waals surface area contributed by atoms with E-state index >= 15 is 0 Å². The number of nitrogens with one attached hydrogen (secondary N) is 1. The van der Waals surface area contributed by atoms with Crippen LogP contribution in [0.3, 0.4) is 0 Å². The van der Waals surface area contributed by atoms with Gasteiger partial charge in [-0.25, -0.2) is 4.98 Å². The Morgan fingerprint density at radius 1 is 1.03 bits per heavy atom. The second-order valence-electron chi connectivity index (χ2n) is 8.01. The molecule has 0 fully saturated rings. The van der Waals surface area contributed by atoms with E-state index in [1.807, 2.05) is 86.9 Å². The van der Waals surface area contributed by atoms with Gasteiger partial charge in [-0.05, 0) is 31.2 Å². The van der Waals surface area contributed by atoms with Crippen LogP contribution in [0.15, 0.2) is 54.6 Å². The van der Waals surface area contributed by atoms with Crippen molar-refractivity contribution in [2.75, 3.05) is 11.4 Å². The monoisotopic (exact) mass is 392 g/mol. The fourth-order valence-electron chi connectivity index (χ4n) is 3.19. The molecular weight excluding hydrogens is 364 g/mol. The van der Waals surface area contributed by atoms with Gasteiger partial charge >= 0.3 is 0 Å². The third-order valence-corrected chi connectivity index (χ3v) is 4.80. The Balaban J connectivity index is 1.89. The number of carbonyl (C=O) groups is 2. The van der Waals surface area contributed by atoms with E-state index in [-0.39, 0.29) is 24.9 Å². The number of rotatable bonds is 6. The average Bonchev–Trinajstić information content (AvgIpc) is 3.04. The van der Waals surface area contributed by atoms with Crippen molar-refractivity contribution < 1.29 is 9.59 Å². The summed E-state index contributed by atoms with van der Waals surface area (Å²) in [7, 11) is 0. The number of imidazole rings is 1. The Morgan fingerprint density at radius 3 is 2.34 bits per heavy atom. The predicted molar refractivity (Wildman–Crippen MR) is 116 cm³/mol. The summed E-state index contributed by atoms with van der Waals surface area (Å²) in [4.78, 5) is 31.8. The lowest BCUT2D eigenvalue weighted by atomic mass is 9.96. The number of benzene rings is 2. The Labute approximate surface area is 171 Å². The fraction of sp³-hybridized carbons (Fsp3) is 0.348. The number of hydrogen-bond donors (Lipinski definition) is 1. The zero-order valence-electron chi connectivity index (χ0n) is 17.5. The van der Waals surface area contributed by atoms with Crippen molar-refractivity contribution in [1.29, 1.82) is 0 Å². The van der Waals surface area contributed by atoms with E-state index in [9.17, 15) is 9.59 Å². The first-order valence-corrected chi connectivity index (χ1v) is 9.89. The molecule has 0 saturated carbocycles. The lowest BCUT2D eigenvalue weighted by molar-refractivity contribution is -0.128. The molecule has 6 nitrogen and oxygen atoms in total. The van der Waals surface area contributed by atoms with E-state index in [1.54, 1.807) is 4.90 Å². The minimum atomic E-state index is -0.487. The summed E-state index contributed by atoms with van der Waals surface area (Å²) in [6.07, 6.45) is 0. The molecule has 0 unspecified atom stereocenters. The first kappa shape index (κ1) is 20.6. The Bertz CT molecular complexity index is 1000. The number of nitrogens with zero attached hydrogens (tertiary/aromatic N) is 3. The van der Waals surface area contributed by atoms with Gasteiger partial charge in [0.1, 0.15) is 12.4 Å². The third-order valence-electron chi connectivity index (χ3n) is 4.80. The molecule has 2 aromatic carbocycles. The zero-order chi connectivity index (χ0) is 21.0. The molecule has 3 aromatic rings. The normalized spacial score (nSPS) is 11.4. The molecule has 0 aliphatic carbocycles. The minimum Gasteiger partial charge on any atom is -0.348 e. The van der Waals surface area contributed by atoms with Gasteiger partial charge in [0, 0.05) is 17.6 Å². The van der Waals surface area contributed by atoms with Gasteiger partial charge in [-0.2, -0.15) is 0 Å². The van der Waals surface area contributed by atoms with Crippen LogP contribution in [-0.4, -0.2) is 27.9 Å². The summed E-state index contributed by atoms with van der Waals surface area (Å²) in [6, 6.07) is 17.3. The van der Waals surface area contributed by atoms with Crippen molar-refractivity contribution in [1.82, 2.24) is 14.9 Å². The fourth-order valence-corrected chi connectivity index (χ4v) is 3.19. The van der Waals surface area contributed by atoms with Crippen LogP contribution in [0.5, 0.6) is 0 Å². The quantitative estimate of drug-likeness (QED) is 0.695. The first-order valence-electron chi connectivity index (χ1n) is 9.89. The lowest BCUT2D eigenvalue weighted by Gasteiger charge is -2.22. The molecule has 1 heterocycles. The Morgan fingerprint density at radius 2 is 1.69 bits per heavy atom. The number of hydrogen-bond acceptors (Lipinski definition) is 3. The molecular formula is C23H28N4O2. The van der Waals surface area contributed by atoms with Gasteiger partial charge in [-0.15, -0.1) is 0 Å². The van der Waals surface area contributed by atoms with Gasteiger partial charge in [0.05, 0.1) is 17.6 Å². The predicted octanol–water partition coefficient (Wildman–Crippen LogP) is 3.75. The summed E-state index contributed by atoms with van der Waals surface area (Å²) in [5.41, 5.74) is 2.07. The van der Waals surface area contributed by atoms with Crippen molar-refractivity contribution in [3.05, 3.63) is 60.4 Å². The highest BCUT2D eigenvalue weighted by atomic mass is 16.2. The molecule has 0 aliphatic heterocycles. The highest BCUT2D eigenvalue weighted by Gasteiger charge is 2.23. The number of amides is 2. The van der Waals surface area contributed by atoms with Crippen molar-refractivity contribution in [2.45, 2.75) is 40.8 Å². The molecule has 0 spiro atoms. The highest BCUT2D eigenvalue weighted by Crippen LogP contribution is 2.19. The average molecular weight is 393 g/mol. The van der Waals surface area contributed by atoms with Crippen LogP contribution in [0.4, 0.5) is 5.69 Å². The number of likely N-dealkylation sites (N-methyl/N-ethyl adjacent to an activating group) is 1. The molecule has 0 atom stereocenters. The maximum Gasteiger partial charge on any atom is 0.246 e. The molecule has 152 valence electrons. The third kappa shape index (κ3) is 4.65. The van der Waals surface area contributed by atoms with E-state index < -0.39 is 5.41 Å². The van der Waals surface area contributed by atoms with Crippen LogP contribution in [0.2, 0.25) is 0 Å². The molecule has 0 radical (unpaired) electrons. The van der Waals surface area contributed by atoms with E-state index in [0.29, 0.717) is 12.4 Å². The topological polar surface area (TPSA) is 67.2 Å². The van der Waals surface area contributed by atoms with Crippen LogP contribution in [0, 0.1) is 5.41 Å². The SMILES string of the molecule is CCN(C(=O)Cn1c(CNC(=O)C(C)(C)C)nc2ccccc21)c1ccccc1. The standard InChI is InChI=1S/C23H28N4O2/c1-5-26(17-11-7-6-8-12-17)21(28)16-27-19-14-10-9-13-18(19)25-20(27)15-24-22(29)23(2,3)4/h6-14H,5,15-16H2,1-4H3,(H,24,29). The maximum absolute atomic E-state index is 13.1. The van der Waals surface area contributed by atoms with Gasteiger partial charge in [0.2, 0.25) is 11.8 Å². The second kappa shape index (κ2) is 8.47. The number of para-hydroxylation sites is 3. The number of aromatic nitrogens is 2. The van der Waals surface area contributed by atoms with Crippen LogP contribution in [-0.2, 0) is 22.7 Å². The first-order chi connectivity index (χ1) is 13.8. The minimum absolute atomic E-state index is 0.0229. The van der Waals surface area contributed by atoms with Crippen LogP contribution >= 0.6 is 0 Å². The molecule has 2 amide bonds. The van der Waals surface area contributed by atoms with E-state index in [2.05, 4.69) is 10.3 Å². The van der Waals surface area contributed by atoms with Crippen LogP contribution < -0.4 is 10.2 Å². The van der Waals surface area contributed by atoms with Crippen LogP contribution in [0.1, 0.15) is 33.5 Å². The second-order valence-corrected chi connectivity index (χ2v) is 8.01. The maximum atomic E-state index is 13.1. The smallest absolute Gasteiger partial charge is 0.246 e. The molecule has 6 heteroatoms. The van der Waals surface area contributed by atoms with E-state index in [4.69, 9.17) is 0 Å². The summed E-state index contributed by atoms with van der Waals surface area (Å²) in [5, 5.41) is 2.94. The Hall–Kier alpha value is -3.15. The van der Waals surface area contributed by atoms with Crippen molar-refractivity contribution in [2.24, 2.45) is 5.41 Å². The summed E-state index contributed by atoms with van der Waals surface area (Å²) in [6.45, 7) is 8.57. The molecule has 1 N–H and O–H groups in total. The Kier molecular flexibility index (Phi) is 6.01. The number of fused-ring (bicyclic) bond motifs is 1. The van der Waals surface area contributed by atoms with Gasteiger partial charge in [0.15, 0.2) is 0 Å². The summed E-state index contributed by atoms with van der Waals surface area (Å²) < 4.78 is 1.90. The van der Waals surface area contributed by atoms with Crippen LogP contribution in [0.25, 0.3) is 11.0 Å². The summed E-state index contributed by atoms with van der Waals surface area (Å²) in [5.74, 6) is 0.591. The van der Waals surface area contributed by atoms with Crippen molar-refractivity contribution in [3.8, 4) is 0 Å². The number of anilines is 1. The van der Waals surface area contributed by atoms with Gasteiger partial charge in [-0.1, -0.05) is 51.1 Å². The van der Waals surface area contributed by atoms with E-state index in [0.717, 1.165) is 16.7 Å². The van der Waals surface area contributed by atoms with Crippen molar-refractivity contribution >= 4 is 28.5 Å². The molecule has 29 heavy (non-hydrogen) atoms. The summed E-state index contributed by atoms with van der Waals surface area (Å²) >= 11 is 0. The van der Waals surface area contributed by atoms with Gasteiger partial charge < -0.3 is 14.8 Å². The lowest BCUT2D eigenvalue weighted by Crippen LogP contribution is -2.36. The van der Waals surface area contributed by atoms with Crippen molar-refractivity contribution in [3.63, 3.8) is 0 Å². The zero-order valence-corrected chi connectivity index (χ0v) is 17.5. The van der Waals surface area contributed by atoms with Gasteiger partial charge in [0.25, 0.3) is 0 Å². The molecule has 0 bridgehead atoms. The number of carbonyl (C=O) groups excluding carboxylic acids is 2. The molecule has 1 aromatic heterocycles. The molecule has 0 saturated heterocycles.